The number of nitro benzene ring substituents is 1. The molecule has 0 spiro atoms. The first-order valence-electron chi connectivity index (χ1n) is 5.48. The summed E-state index contributed by atoms with van der Waals surface area (Å²) in [6, 6.07) is 13.0. The molecule has 0 saturated heterocycles. The van der Waals surface area contributed by atoms with E-state index in [2.05, 4.69) is 21.2 Å². The predicted molar refractivity (Wildman–Crippen MR) is 87.3 cm³/mol. The standard InChI is InChI=1S/C13H10BrIN2O2/c14-10-3-1-2-9(6-10)8-16-11-4-5-13(17(18)19)12(15)7-11/h1-7,16H,8H2. The van der Waals surface area contributed by atoms with Crippen LogP contribution in [0.1, 0.15) is 5.56 Å². The van der Waals surface area contributed by atoms with E-state index in [1.165, 1.54) is 6.07 Å². The Morgan fingerprint density at radius 2 is 2.05 bits per heavy atom. The van der Waals surface area contributed by atoms with Crippen LogP contribution in [-0.2, 0) is 6.54 Å². The fraction of sp³-hybridized carbons (Fsp3) is 0.0769. The predicted octanol–water partition coefficient (Wildman–Crippen LogP) is 4.57. The van der Waals surface area contributed by atoms with Gasteiger partial charge < -0.3 is 5.32 Å². The second kappa shape index (κ2) is 6.33. The first-order valence-corrected chi connectivity index (χ1v) is 7.35. The first kappa shape index (κ1) is 14.3. The smallest absolute Gasteiger partial charge is 0.282 e. The van der Waals surface area contributed by atoms with Crippen LogP contribution in [0.5, 0.6) is 0 Å². The minimum absolute atomic E-state index is 0.133. The van der Waals surface area contributed by atoms with Crippen molar-refractivity contribution in [3.05, 3.63) is 66.2 Å². The topological polar surface area (TPSA) is 55.2 Å². The van der Waals surface area contributed by atoms with Crippen LogP contribution >= 0.6 is 38.5 Å². The van der Waals surface area contributed by atoms with Crippen molar-refractivity contribution in [2.75, 3.05) is 5.32 Å². The van der Waals surface area contributed by atoms with Gasteiger partial charge in [-0.1, -0.05) is 28.1 Å². The normalized spacial score (nSPS) is 10.2. The Balaban J connectivity index is 2.08. The van der Waals surface area contributed by atoms with Gasteiger partial charge in [0.15, 0.2) is 0 Å². The SMILES string of the molecule is O=[N+]([O-])c1ccc(NCc2cccc(Br)c2)cc1I. The van der Waals surface area contributed by atoms with Crippen LogP contribution in [0.15, 0.2) is 46.9 Å². The van der Waals surface area contributed by atoms with Gasteiger partial charge in [0.1, 0.15) is 0 Å². The fourth-order valence-electron chi connectivity index (χ4n) is 1.62. The van der Waals surface area contributed by atoms with E-state index in [-0.39, 0.29) is 10.6 Å². The number of benzene rings is 2. The Labute approximate surface area is 132 Å². The number of hydrogen-bond acceptors (Lipinski definition) is 3. The van der Waals surface area contributed by atoms with Crippen LogP contribution in [-0.4, -0.2) is 4.92 Å². The molecular formula is C13H10BrIN2O2. The fourth-order valence-corrected chi connectivity index (χ4v) is 2.77. The van der Waals surface area contributed by atoms with Crippen LogP contribution in [0.25, 0.3) is 0 Å². The van der Waals surface area contributed by atoms with Crippen molar-refractivity contribution in [3.63, 3.8) is 0 Å². The third-order valence-electron chi connectivity index (χ3n) is 2.53. The summed E-state index contributed by atoms with van der Waals surface area (Å²) in [5.41, 5.74) is 2.14. The number of nitrogens with one attached hydrogen (secondary N) is 1. The number of rotatable bonds is 4. The Hall–Kier alpha value is -1.15. The highest BCUT2D eigenvalue weighted by Gasteiger charge is 2.11. The molecule has 19 heavy (non-hydrogen) atoms. The number of hydrogen-bond donors (Lipinski definition) is 1. The Morgan fingerprint density at radius 1 is 1.26 bits per heavy atom. The second-order valence-electron chi connectivity index (χ2n) is 3.91. The molecule has 2 aromatic rings. The molecular weight excluding hydrogens is 423 g/mol. The average molecular weight is 433 g/mol. The van der Waals surface area contributed by atoms with Crippen molar-refractivity contribution in [1.82, 2.24) is 0 Å². The molecule has 0 aliphatic rings. The summed E-state index contributed by atoms with van der Waals surface area (Å²) in [6.45, 7) is 0.674. The molecule has 0 aliphatic carbocycles. The van der Waals surface area contributed by atoms with Crippen molar-refractivity contribution in [2.45, 2.75) is 6.54 Å². The van der Waals surface area contributed by atoms with Gasteiger partial charge in [-0.3, -0.25) is 10.1 Å². The van der Waals surface area contributed by atoms with Gasteiger partial charge in [-0.05, 0) is 52.4 Å². The third kappa shape index (κ3) is 3.90. The highest BCUT2D eigenvalue weighted by atomic mass is 127. The van der Waals surface area contributed by atoms with Crippen molar-refractivity contribution >= 4 is 49.9 Å². The molecule has 0 unspecified atom stereocenters. The molecule has 4 nitrogen and oxygen atoms in total. The lowest BCUT2D eigenvalue weighted by molar-refractivity contribution is -0.385. The summed E-state index contributed by atoms with van der Waals surface area (Å²) in [4.78, 5) is 10.3. The van der Waals surface area contributed by atoms with Crippen LogP contribution in [0.2, 0.25) is 0 Å². The zero-order valence-corrected chi connectivity index (χ0v) is 13.5. The van der Waals surface area contributed by atoms with Gasteiger partial charge in [-0.15, -0.1) is 0 Å². The lowest BCUT2D eigenvalue weighted by Crippen LogP contribution is -2.00. The molecule has 0 aromatic heterocycles. The van der Waals surface area contributed by atoms with Crippen molar-refractivity contribution in [2.24, 2.45) is 0 Å². The maximum atomic E-state index is 10.7. The number of halogens is 2. The average Bonchev–Trinajstić information content (AvgIpc) is 2.36. The molecule has 0 aliphatic heterocycles. The maximum Gasteiger partial charge on any atom is 0.282 e. The minimum atomic E-state index is -0.375. The Morgan fingerprint density at radius 3 is 2.68 bits per heavy atom. The van der Waals surface area contributed by atoms with E-state index in [0.717, 1.165) is 15.7 Å². The van der Waals surface area contributed by atoms with Crippen molar-refractivity contribution in [1.29, 1.82) is 0 Å². The van der Waals surface area contributed by atoms with Gasteiger partial charge in [0.05, 0.1) is 8.49 Å². The summed E-state index contributed by atoms with van der Waals surface area (Å²) in [5, 5.41) is 14.0. The highest BCUT2D eigenvalue weighted by Crippen LogP contribution is 2.24. The van der Waals surface area contributed by atoms with Gasteiger partial charge in [-0.25, -0.2) is 0 Å². The molecule has 0 saturated carbocycles. The van der Waals surface area contributed by atoms with Gasteiger partial charge in [0, 0.05) is 22.8 Å². The summed E-state index contributed by atoms with van der Waals surface area (Å²) < 4.78 is 1.66. The summed E-state index contributed by atoms with van der Waals surface area (Å²) >= 11 is 5.39. The van der Waals surface area contributed by atoms with E-state index in [4.69, 9.17) is 0 Å². The maximum absolute atomic E-state index is 10.7. The van der Waals surface area contributed by atoms with Crippen molar-refractivity contribution in [3.8, 4) is 0 Å². The molecule has 0 atom stereocenters. The van der Waals surface area contributed by atoms with Gasteiger partial charge in [0.2, 0.25) is 0 Å². The molecule has 0 bridgehead atoms. The number of nitrogens with zero attached hydrogens (tertiary/aromatic N) is 1. The lowest BCUT2D eigenvalue weighted by Gasteiger charge is -2.07. The highest BCUT2D eigenvalue weighted by molar-refractivity contribution is 14.1. The Bertz CT molecular complexity index is 619. The summed E-state index contributed by atoms with van der Waals surface area (Å²) in [5.74, 6) is 0. The molecule has 0 heterocycles. The quantitative estimate of drug-likeness (QED) is 0.437. The van der Waals surface area contributed by atoms with E-state index >= 15 is 0 Å². The van der Waals surface area contributed by atoms with E-state index in [0.29, 0.717) is 10.1 Å². The molecule has 2 rings (SSSR count). The lowest BCUT2D eigenvalue weighted by atomic mass is 10.2. The zero-order chi connectivity index (χ0) is 13.8. The van der Waals surface area contributed by atoms with Crippen molar-refractivity contribution < 1.29 is 4.92 Å². The zero-order valence-electron chi connectivity index (χ0n) is 9.77. The molecule has 1 N–H and O–H groups in total. The minimum Gasteiger partial charge on any atom is -0.381 e. The number of anilines is 1. The van der Waals surface area contributed by atoms with Crippen LogP contribution in [0.4, 0.5) is 11.4 Å². The molecule has 98 valence electrons. The van der Waals surface area contributed by atoms with Gasteiger partial charge in [0.25, 0.3) is 5.69 Å². The van der Waals surface area contributed by atoms with E-state index in [9.17, 15) is 10.1 Å². The first-order chi connectivity index (χ1) is 9.06. The van der Waals surface area contributed by atoms with E-state index in [1.54, 1.807) is 12.1 Å². The second-order valence-corrected chi connectivity index (χ2v) is 5.98. The van der Waals surface area contributed by atoms with E-state index < -0.39 is 0 Å². The summed E-state index contributed by atoms with van der Waals surface area (Å²) in [7, 11) is 0. The number of nitro groups is 1. The van der Waals surface area contributed by atoms with Crippen LogP contribution < -0.4 is 5.32 Å². The molecule has 6 heteroatoms. The van der Waals surface area contributed by atoms with Gasteiger partial charge in [-0.2, -0.15) is 0 Å². The van der Waals surface area contributed by atoms with Crippen LogP contribution in [0, 0.1) is 13.7 Å². The monoisotopic (exact) mass is 432 g/mol. The largest absolute Gasteiger partial charge is 0.381 e. The van der Waals surface area contributed by atoms with E-state index in [1.807, 2.05) is 46.9 Å². The molecule has 0 fully saturated rings. The Kier molecular flexibility index (Phi) is 4.76. The van der Waals surface area contributed by atoms with Gasteiger partial charge >= 0.3 is 0 Å². The van der Waals surface area contributed by atoms with Crippen LogP contribution in [0.3, 0.4) is 0 Å². The third-order valence-corrected chi connectivity index (χ3v) is 3.89. The molecule has 0 amide bonds. The molecule has 2 aromatic carbocycles. The molecule has 0 radical (unpaired) electrons. The summed E-state index contributed by atoms with van der Waals surface area (Å²) in [6.07, 6.45) is 0.